The number of benzene rings is 1. The van der Waals surface area contributed by atoms with Crippen molar-refractivity contribution in [1.82, 2.24) is 0 Å². The maximum Gasteiger partial charge on any atom is 0.237 e. The van der Waals surface area contributed by atoms with E-state index in [0.29, 0.717) is 11.3 Å². The first kappa shape index (κ1) is 13.8. The van der Waals surface area contributed by atoms with E-state index >= 15 is 0 Å². The van der Waals surface area contributed by atoms with Gasteiger partial charge >= 0.3 is 0 Å². The zero-order valence-electron chi connectivity index (χ0n) is 10.6. The second kappa shape index (κ2) is 6.48. The molecular weight excluding hydrogens is 260 g/mol. The second-order valence-corrected chi connectivity index (χ2v) is 6.39. The van der Waals surface area contributed by atoms with Gasteiger partial charge < -0.3 is 5.32 Å². The molecule has 4 nitrogen and oxygen atoms in total. The van der Waals surface area contributed by atoms with Crippen LogP contribution in [0, 0.1) is 11.3 Å². The van der Waals surface area contributed by atoms with Gasteiger partial charge in [-0.1, -0.05) is 12.8 Å². The maximum absolute atomic E-state index is 12.0. The molecule has 1 aromatic rings. The van der Waals surface area contributed by atoms with Crippen LogP contribution in [0.1, 0.15) is 31.2 Å². The Morgan fingerprint density at radius 3 is 2.53 bits per heavy atom. The molecule has 19 heavy (non-hydrogen) atoms. The maximum atomic E-state index is 12.0. The van der Waals surface area contributed by atoms with E-state index in [0.717, 1.165) is 25.7 Å². The third kappa shape index (κ3) is 3.90. The molecule has 1 saturated carbocycles. The van der Waals surface area contributed by atoms with Crippen molar-refractivity contribution in [1.29, 1.82) is 5.26 Å². The Morgan fingerprint density at radius 1 is 1.32 bits per heavy atom. The summed E-state index contributed by atoms with van der Waals surface area (Å²) >= 11 is 0. The van der Waals surface area contributed by atoms with Crippen LogP contribution in [-0.4, -0.2) is 21.1 Å². The Balaban J connectivity index is 1.86. The van der Waals surface area contributed by atoms with Crippen molar-refractivity contribution in [2.75, 3.05) is 11.1 Å². The van der Waals surface area contributed by atoms with Crippen LogP contribution in [0.15, 0.2) is 24.3 Å². The average Bonchev–Trinajstić information content (AvgIpc) is 2.93. The molecule has 0 radical (unpaired) electrons. The van der Waals surface area contributed by atoms with Gasteiger partial charge in [-0.15, -0.1) is 0 Å². The van der Waals surface area contributed by atoms with Gasteiger partial charge in [0.15, 0.2) is 0 Å². The monoisotopic (exact) mass is 276 g/mol. The summed E-state index contributed by atoms with van der Waals surface area (Å²) < 4.78 is 12.0. The van der Waals surface area contributed by atoms with Crippen molar-refractivity contribution in [2.45, 2.75) is 30.9 Å². The Labute approximate surface area is 115 Å². The van der Waals surface area contributed by atoms with Crippen LogP contribution in [0.2, 0.25) is 0 Å². The standard InChI is InChI=1S/C14H16N2O2S/c15-9-11-5-7-12(8-6-11)16-14(17)10-19(18)13-3-1-2-4-13/h5-8,13H,1-4,10H2,(H,16,17). The average molecular weight is 276 g/mol. The van der Waals surface area contributed by atoms with E-state index in [-0.39, 0.29) is 16.9 Å². The van der Waals surface area contributed by atoms with Gasteiger partial charge in [-0.05, 0) is 37.1 Å². The molecule has 1 aliphatic rings. The van der Waals surface area contributed by atoms with Crippen LogP contribution >= 0.6 is 0 Å². The van der Waals surface area contributed by atoms with Crippen molar-refractivity contribution in [3.63, 3.8) is 0 Å². The first-order valence-corrected chi connectivity index (χ1v) is 7.74. The van der Waals surface area contributed by atoms with Crippen LogP contribution in [-0.2, 0) is 15.6 Å². The first-order valence-electron chi connectivity index (χ1n) is 6.36. The highest BCUT2D eigenvalue weighted by Gasteiger charge is 2.23. The normalized spacial score (nSPS) is 16.8. The van der Waals surface area contributed by atoms with Crippen LogP contribution in [0.25, 0.3) is 0 Å². The van der Waals surface area contributed by atoms with Crippen LogP contribution in [0.4, 0.5) is 5.69 Å². The minimum Gasteiger partial charge on any atom is -0.325 e. The lowest BCUT2D eigenvalue weighted by Gasteiger charge is -2.09. The summed E-state index contributed by atoms with van der Waals surface area (Å²) in [6.45, 7) is 0. The van der Waals surface area contributed by atoms with E-state index in [1.165, 1.54) is 0 Å². The summed E-state index contributed by atoms with van der Waals surface area (Å²) in [5.74, 6) is -0.167. The number of amides is 1. The molecule has 1 atom stereocenters. The Hall–Kier alpha value is -1.67. The Bertz CT molecular complexity index is 513. The molecule has 0 spiro atoms. The summed E-state index contributed by atoms with van der Waals surface area (Å²) in [4.78, 5) is 11.8. The molecule has 100 valence electrons. The number of nitriles is 1. The predicted molar refractivity (Wildman–Crippen MR) is 75.1 cm³/mol. The van der Waals surface area contributed by atoms with Gasteiger partial charge in [-0.25, -0.2) is 0 Å². The predicted octanol–water partition coefficient (Wildman–Crippen LogP) is 2.19. The fourth-order valence-electron chi connectivity index (χ4n) is 2.22. The Morgan fingerprint density at radius 2 is 1.95 bits per heavy atom. The quantitative estimate of drug-likeness (QED) is 0.916. The van der Waals surface area contributed by atoms with Crippen LogP contribution < -0.4 is 5.32 Å². The molecule has 0 saturated heterocycles. The van der Waals surface area contributed by atoms with E-state index in [9.17, 15) is 9.00 Å². The largest absolute Gasteiger partial charge is 0.325 e. The number of carbonyl (C=O) groups is 1. The lowest BCUT2D eigenvalue weighted by Crippen LogP contribution is -2.24. The number of nitrogens with one attached hydrogen (secondary N) is 1. The summed E-state index contributed by atoms with van der Waals surface area (Å²) in [6.07, 6.45) is 4.18. The van der Waals surface area contributed by atoms with Crippen molar-refractivity contribution >= 4 is 22.4 Å². The van der Waals surface area contributed by atoms with Gasteiger partial charge in [0, 0.05) is 21.7 Å². The van der Waals surface area contributed by atoms with E-state index in [1.807, 2.05) is 6.07 Å². The van der Waals surface area contributed by atoms with E-state index in [2.05, 4.69) is 5.32 Å². The molecule has 1 amide bonds. The number of hydrogen-bond donors (Lipinski definition) is 1. The first-order chi connectivity index (χ1) is 9.19. The van der Waals surface area contributed by atoms with Crippen molar-refractivity contribution in [3.05, 3.63) is 29.8 Å². The molecule has 1 aromatic carbocycles. The third-order valence-electron chi connectivity index (χ3n) is 3.25. The highest BCUT2D eigenvalue weighted by molar-refractivity contribution is 7.86. The molecule has 1 unspecified atom stereocenters. The van der Waals surface area contributed by atoms with Gasteiger partial charge in [-0.2, -0.15) is 5.26 Å². The smallest absolute Gasteiger partial charge is 0.237 e. The van der Waals surface area contributed by atoms with Gasteiger partial charge in [0.05, 0.1) is 11.6 Å². The van der Waals surface area contributed by atoms with Crippen LogP contribution in [0.3, 0.4) is 0 Å². The number of carbonyl (C=O) groups excluding carboxylic acids is 1. The molecule has 0 aliphatic heterocycles. The van der Waals surface area contributed by atoms with Crippen molar-refractivity contribution in [3.8, 4) is 6.07 Å². The molecule has 0 bridgehead atoms. The number of nitrogens with zero attached hydrogens (tertiary/aromatic N) is 1. The zero-order valence-corrected chi connectivity index (χ0v) is 11.4. The highest BCUT2D eigenvalue weighted by atomic mass is 32.2. The van der Waals surface area contributed by atoms with E-state index in [4.69, 9.17) is 5.26 Å². The SMILES string of the molecule is N#Cc1ccc(NC(=O)CS(=O)C2CCCC2)cc1. The fraction of sp³-hybridized carbons (Fsp3) is 0.429. The van der Waals surface area contributed by atoms with E-state index < -0.39 is 10.8 Å². The number of anilines is 1. The summed E-state index contributed by atoms with van der Waals surface area (Å²) in [5, 5.41) is 11.6. The molecular formula is C14H16N2O2S. The van der Waals surface area contributed by atoms with Gasteiger partial charge in [0.2, 0.25) is 5.91 Å². The molecule has 1 N–H and O–H groups in total. The minimum absolute atomic E-state index is 0.0602. The van der Waals surface area contributed by atoms with E-state index in [1.54, 1.807) is 24.3 Å². The van der Waals surface area contributed by atoms with Crippen LogP contribution in [0.5, 0.6) is 0 Å². The number of rotatable bonds is 4. The summed E-state index contributed by atoms with van der Waals surface area (Å²) in [6, 6.07) is 8.65. The molecule has 5 heteroatoms. The summed E-state index contributed by atoms with van der Waals surface area (Å²) in [7, 11) is -1.07. The molecule has 1 aliphatic carbocycles. The Kier molecular flexibility index (Phi) is 4.69. The minimum atomic E-state index is -1.07. The zero-order chi connectivity index (χ0) is 13.7. The van der Waals surface area contributed by atoms with Gasteiger partial charge in [-0.3, -0.25) is 9.00 Å². The lowest BCUT2D eigenvalue weighted by atomic mass is 10.2. The topological polar surface area (TPSA) is 70.0 Å². The second-order valence-electron chi connectivity index (χ2n) is 4.67. The number of hydrogen-bond acceptors (Lipinski definition) is 3. The highest BCUT2D eigenvalue weighted by Crippen LogP contribution is 2.23. The molecule has 1 fully saturated rings. The fourth-order valence-corrected chi connectivity index (χ4v) is 3.65. The summed E-state index contributed by atoms with van der Waals surface area (Å²) in [5.41, 5.74) is 1.18. The molecule has 0 heterocycles. The van der Waals surface area contributed by atoms with Crippen molar-refractivity contribution < 1.29 is 9.00 Å². The molecule has 2 rings (SSSR count). The molecule has 0 aromatic heterocycles. The van der Waals surface area contributed by atoms with Gasteiger partial charge in [0.1, 0.15) is 5.75 Å². The third-order valence-corrected chi connectivity index (χ3v) is 5.01. The van der Waals surface area contributed by atoms with Crippen molar-refractivity contribution in [2.24, 2.45) is 0 Å². The lowest BCUT2D eigenvalue weighted by molar-refractivity contribution is -0.113. The van der Waals surface area contributed by atoms with Gasteiger partial charge in [0.25, 0.3) is 0 Å².